The van der Waals surface area contributed by atoms with Gasteiger partial charge in [0.05, 0.1) is 17.5 Å². The maximum absolute atomic E-state index is 14.3. The molecule has 0 saturated carbocycles. The van der Waals surface area contributed by atoms with E-state index in [1.165, 1.54) is 19.1 Å². The van der Waals surface area contributed by atoms with Crippen LogP contribution in [0.4, 0.5) is 11.4 Å². The molecule has 41 heavy (non-hydrogen) atoms. The number of hydrogen-bond donors (Lipinski definition) is 3. The number of aromatic nitrogens is 1. The number of hydrogen-bond acceptors (Lipinski definition) is 6. The number of nitrogens with zero attached hydrogens (tertiary/aromatic N) is 1. The minimum absolute atomic E-state index is 0.296. The summed E-state index contributed by atoms with van der Waals surface area (Å²) in [6.07, 6.45) is 2.32. The fraction of sp³-hybridized carbons (Fsp3) is 0.226. The monoisotopic (exact) mass is 568 g/mol. The summed E-state index contributed by atoms with van der Waals surface area (Å²) in [6.45, 7) is 3.14. The average molecular weight is 569 g/mol. The quantitative estimate of drug-likeness (QED) is 0.193. The molecule has 4 heterocycles. The predicted octanol–water partition coefficient (Wildman–Crippen LogP) is 4.22. The summed E-state index contributed by atoms with van der Waals surface area (Å²) >= 11 is 6.47. The van der Waals surface area contributed by atoms with Gasteiger partial charge in [-0.1, -0.05) is 29.8 Å². The lowest BCUT2D eigenvalue weighted by atomic mass is 9.76. The molecule has 206 valence electrons. The van der Waals surface area contributed by atoms with E-state index in [-0.39, 0.29) is 5.91 Å². The first-order valence-electron chi connectivity index (χ1n) is 13.3. The zero-order chi connectivity index (χ0) is 28.6. The molecule has 9 nitrogen and oxygen atoms in total. The maximum Gasteiger partial charge on any atom is 0.308 e. The van der Waals surface area contributed by atoms with Crippen LogP contribution in [-0.4, -0.2) is 34.7 Å². The first kappa shape index (κ1) is 25.5. The van der Waals surface area contributed by atoms with Crippen LogP contribution in [0.25, 0.3) is 10.9 Å². The minimum Gasteiger partial charge on any atom is -0.427 e. The number of fused-ring (bicyclic) bond motifs is 5. The van der Waals surface area contributed by atoms with Gasteiger partial charge in [-0.25, -0.2) is 4.90 Å². The molecule has 2 saturated heterocycles. The Morgan fingerprint density at radius 3 is 2.56 bits per heavy atom. The van der Waals surface area contributed by atoms with E-state index in [2.05, 4.69) is 15.6 Å². The first-order valence-corrected chi connectivity index (χ1v) is 13.7. The highest BCUT2D eigenvalue weighted by atomic mass is 35.5. The molecule has 3 amide bonds. The molecule has 0 radical (unpaired) electrons. The molecule has 2 fully saturated rings. The summed E-state index contributed by atoms with van der Waals surface area (Å²) in [6, 6.07) is 17.0. The fourth-order valence-electron chi connectivity index (χ4n) is 6.83. The highest BCUT2D eigenvalue weighted by Gasteiger charge is 2.70. The Labute approximate surface area is 239 Å². The second-order valence-electron chi connectivity index (χ2n) is 10.8. The molecule has 7 rings (SSSR count). The molecule has 3 aromatic carbocycles. The largest absolute Gasteiger partial charge is 0.427 e. The third-order valence-corrected chi connectivity index (χ3v) is 8.68. The van der Waals surface area contributed by atoms with Gasteiger partial charge in [0.25, 0.3) is 0 Å². The van der Waals surface area contributed by atoms with E-state index >= 15 is 0 Å². The number of benzene rings is 3. The number of carbonyl (C=O) groups excluding carboxylic acids is 4. The number of esters is 1. The van der Waals surface area contributed by atoms with Gasteiger partial charge in [0.2, 0.25) is 17.7 Å². The van der Waals surface area contributed by atoms with E-state index in [9.17, 15) is 19.2 Å². The molecule has 3 aliphatic heterocycles. The molecule has 0 bridgehead atoms. The topological polar surface area (TPSA) is 121 Å². The molecule has 4 atom stereocenters. The van der Waals surface area contributed by atoms with Gasteiger partial charge in [-0.05, 0) is 66.9 Å². The average Bonchev–Trinajstić information content (AvgIpc) is 3.64. The number of nitrogens with one attached hydrogen (secondary N) is 3. The van der Waals surface area contributed by atoms with Crippen LogP contribution in [0.1, 0.15) is 23.6 Å². The number of ether oxygens (including phenoxy) is 1. The number of para-hydroxylation sites is 1. The fourth-order valence-corrected chi connectivity index (χ4v) is 7.10. The van der Waals surface area contributed by atoms with Gasteiger partial charge >= 0.3 is 5.97 Å². The van der Waals surface area contributed by atoms with Crippen LogP contribution in [0, 0.1) is 18.8 Å². The molecule has 0 aliphatic carbocycles. The third-order valence-electron chi connectivity index (χ3n) is 8.46. The molecule has 0 unspecified atom stereocenters. The lowest BCUT2D eigenvalue weighted by molar-refractivity contribution is -0.132. The van der Waals surface area contributed by atoms with E-state index in [1.807, 2.05) is 37.4 Å². The van der Waals surface area contributed by atoms with Gasteiger partial charge in [-0.15, -0.1) is 0 Å². The normalized spacial score (nSPS) is 24.7. The molecule has 1 spiro atoms. The van der Waals surface area contributed by atoms with E-state index < -0.39 is 41.2 Å². The van der Waals surface area contributed by atoms with Gasteiger partial charge in [-0.3, -0.25) is 24.5 Å². The van der Waals surface area contributed by atoms with Gasteiger partial charge < -0.3 is 15.0 Å². The summed E-state index contributed by atoms with van der Waals surface area (Å²) in [7, 11) is 0. The summed E-state index contributed by atoms with van der Waals surface area (Å²) in [5.41, 5.74) is 2.73. The standard InChI is InChI=1S/C31H25ClN4O5/c1-15-11-18(32)13-22-27(15)34-30(40)31(22)26-25(24(35-31)12-17-14-33-23-6-4-3-5-21(17)23)28(38)36(29(26)39)19-7-9-20(10-8-19)41-16(2)37/h3-11,13-14,24-26,33,35H,12H2,1-2H3,(H,34,40)/t24-,25-,26+,31+/m1/s1. The highest BCUT2D eigenvalue weighted by molar-refractivity contribution is 6.31. The summed E-state index contributed by atoms with van der Waals surface area (Å²) in [5, 5.41) is 7.90. The van der Waals surface area contributed by atoms with Crippen LogP contribution >= 0.6 is 11.6 Å². The molecule has 10 heteroatoms. The van der Waals surface area contributed by atoms with Crippen molar-refractivity contribution < 1.29 is 23.9 Å². The smallest absolute Gasteiger partial charge is 0.308 e. The van der Waals surface area contributed by atoms with E-state index in [0.29, 0.717) is 34.1 Å². The molecule has 1 aromatic heterocycles. The summed E-state index contributed by atoms with van der Waals surface area (Å²) in [4.78, 5) is 58.1. The van der Waals surface area contributed by atoms with Crippen LogP contribution in [0.5, 0.6) is 5.75 Å². The minimum atomic E-state index is -1.48. The van der Waals surface area contributed by atoms with Gasteiger partial charge in [0, 0.05) is 46.3 Å². The van der Waals surface area contributed by atoms with E-state index in [0.717, 1.165) is 26.9 Å². The lowest BCUT2D eigenvalue weighted by Gasteiger charge is -2.29. The van der Waals surface area contributed by atoms with Crippen molar-refractivity contribution >= 4 is 57.6 Å². The number of amides is 3. The zero-order valence-electron chi connectivity index (χ0n) is 22.2. The Bertz CT molecular complexity index is 1800. The number of aryl methyl sites for hydroxylation is 1. The maximum atomic E-state index is 14.3. The molecule has 3 aliphatic rings. The molecular formula is C31H25ClN4O5. The Morgan fingerprint density at radius 2 is 1.80 bits per heavy atom. The Balaban J connectivity index is 1.35. The Kier molecular flexibility index (Phi) is 5.61. The highest BCUT2D eigenvalue weighted by Crippen LogP contribution is 2.55. The first-order chi connectivity index (χ1) is 19.7. The number of aromatic amines is 1. The second kappa shape index (κ2) is 9.02. The van der Waals surface area contributed by atoms with E-state index in [1.54, 1.807) is 24.3 Å². The van der Waals surface area contributed by atoms with Crippen molar-refractivity contribution in [1.82, 2.24) is 10.3 Å². The van der Waals surface area contributed by atoms with Crippen molar-refractivity contribution in [2.75, 3.05) is 10.2 Å². The van der Waals surface area contributed by atoms with Crippen LogP contribution in [0.2, 0.25) is 5.02 Å². The number of carbonyl (C=O) groups is 4. The summed E-state index contributed by atoms with van der Waals surface area (Å²) < 4.78 is 5.12. The van der Waals surface area contributed by atoms with Gasteiger partial charge in [0.15, 0.2) is 0 Å². The number of rotatable bonds is 4. The SMILES string of the molecule is CC(=O)Oc1ccc(N2C(=O)[C@H]3[C@@H](C2=O)[C@]2(N[C@@H]3Cc3c[nH]c4ccccc34)C(=O)Nc3c(C)cc(Cl)cc32)cc1. The van der Waals surface area contributed by atoms with Crippen LogP contribution in [0.3, 0.4) is 0 Å². The van der Waals surface area contributed by atoms with Crippen LogP contribution in [0.15, 0.2) is 66.9 Å². The van der Waals surface area contributed by atoms with Gasteiger partial charge in [0.1, 0.15) is 11.3 Å². The van der Waals surface area contributed by atoms with Crippen molar-refractivity contribution in [3.05, 3.63) is 88.6 Å². The zero-order valence-corrected chi connectivity index (χ0v) is 22.9. The molecule has 4 aromatic rings. The van der Waals surface area contributed by atoms with Crippen LogP contribution < -0.4 is 20.3 Å². The van der Waals surface area contributed by atoms with Crippen LogP contribution in [-0.2, 0) is 31.1 Å². The number of H-pyrrole nitrogens is 1. The van der Waals surface area contributed by atoms with Crippen molar-refractivity contribution in [2.45, 2.75) is 31.8 Å². The number of imide groups is 1. The molecule has 3 N–H and O–H groups in total. The predicted molar refractivity (Wildman–Crippen MR) is 153 cm³/mol. The number of halogens is 1. The summed E-state index contributed by atoms with van der Waals surface area (Å²) in [5.74, 6) is -3.26. The van der Waals surface area contributed by atoms with Crippen molar-refractivity contribution in [3.63, 3.8) is 0 Å². The Hall–Kier alpha value is -4.47. The number of anilines is 2. The van der Waals surface area contributed by atoms with Crippen molar-refractivity contribution in [2.24, 2.45) is 11.8 Å². The Morgan fingerprint density at radius 1 is 1.05 bits per heavy atom. The van der Waals surface area contributed by atoms with Crippen molar-refractivity contribution in [3.8, 4) is 5.75 Å². The van der Waals surface area contributed by atoms with Crippen molar-refractivity contribution in [1.29, 1.82) is 0 Å². The van der Waals surface area contributed by atoms with E-state index in [4.69, 9.17) is 16.3 Å². The lowest BCUT2D eigenvalue weighted by Crippen LogP contribution is -2.53. The van der Waals surface area contributed by atoms with Gasteiger partial charge in [-0.2, -0.15) is 0 Å². The third kappa shape index (κ3) is 3.66. The molecular weight excluding hydrogens is 544 g/mol. The second-order valence-corrected chi connectivity index (χ2v) is 11.3.